The molecule has 1 saturated carbocycles. The minimum Gasteiger partial charge on any atom is -0.366 e. The average Bonchev–Trinajstić information content (AvgIpc) is 2.88. The number of allylic oxidation sites excluding steroid dienone is 3. The van der Waals surface area contributed by atoms with Crippen molar-refractivity contribution in [3.63, 3.8) is 0 Å². The Kier molecular flexibility index (Phi) is 3.84. The number of rotatable bonds is 1. The smallest absolute Gasteiger partial charge is 0.0923 e. The second-order valence-electron chi connectivity index (χ2n) is 8.50. The molecule has 1 heteroatoms. The van der Waals surface area contributed by atoms with E-state index in [0.29, 0.717) is 11.5 Å². The Hall–Kier alpha value is -0.560. The van der Waals surface area contributed by atoms with Gasteiger partial charge in [-0.25, -0.2) is 0 Å². The minimum atomic E-state index is 0.163. The van der Waals surface area contributed by atoms with E-state index in [9.17, 15) is 0 Å². The maximum atomic E-state index is 6.13. The molecule has 2 fully saturated rings. The van der Waals surface area contributed by atoms with Gasteiger partial charge in [0.1, 0.15) is 0 Å². The van der Waals surface area contributed by atoms with Crippen molar-refractivity contribution < 1.29 is 4.74 Å². The predicted octanol–water partition coefficient (Wildman–Crippen LogP) is 5.66. The lowest BCUT2D eigenvalue weighted by atomic mass is 9.69. The molecule has 0 amide bonds. The Morgan fingerprint density at radius 2 is 2.05 bits per heavy atom. The molecule has 0 spiro atoms. The first kappa shape index (κ1) is 15.3. The van der Waals surface area contributed by atoms with Crippen molar-refractivity contribution in [2.75, 3.05) is 0 Å². The summed E-state index contributed by atoms with van der Waals surface area (Å²) >= 11 is 0. The summed E-state index contributed by atoms with van der Waals surface area (Å²) in [5, 5.41) is 0. The van der Waals surface area contributed by atoms with E-state index in [-0.39, 0.29) is 5.60 Å². The minimum absolute atomic E-state index is 0.163. The second-order valence-corrected chi connectivity index (χ2v) is 8.50. The maximum absolute atomic E-state index is 6.13. The van der Waals surface area contributed by atoms with E-state index in [1.807, 2.05) is 0 Å². The standard InChI is InChI=1S/C20H32O/c1-14(2)16-10-12-19(4)13-18-20(5,21-18)11-6-7-15(3)8-9-17(16)19/h7,16-18H,1,6,8-13H2,2-5H3/b15-7-/t16-,17+,18-,19+,20-/m1/s1. The lowest BCUT2D eigenvalue weighted by molar-refractivity contribution is 0.158. The zero-order valence-electron chi connectivity index (χ0n) is 14.4. The van der Waals surface area contributed by atoms with Crippen LogP contribution in [0.2, 0.25) is 0 Å². The van der Waals surface area contributed by atoms with Crippen molar-refractivity contribution in [2.24, 2.45) is 17.3 Å². The van der Waals surface area contributed by atoms with Gasteiger partial charge in [-0.2, -0.15) is 0 Å². The molecule has 1 aliphatic heterocycles. The molecule has 21 heavy (non-hydrogen) atoms. The molecule has 1 heterocycles. The van der Waals surface area contributed by atoms with Crippen LogP contribution >= 0.6 is 0 Å². The summed E-state index contributed by atoms with van der Waals surface area (Å²) in [6.45, 7) is 13.7. The van der Waals surface area contributed by atoms with Crippen LogP contribution in [0.25, 0.3) is 0 Å². The van der Waals surface area contributed by atoms with Gasteiger partial charge in [-0.15, -0.1) is 0 Å². The van der Waals surface area contributed by atoms with Gasteiger partial charge in [-0.05, 0) is 83.0 Å². The zero-order valence-corrected chi connectivity index (χ0v) is 14.4. The largest absolute Gasteiger partial charge is 0.366 e. The van der Waals surface area contributed by atoms with Gasteiger partial charge < -0.3 is 4.74 Å². The van der Waals surface area contributed by atoms with Crippen LogP contribution in [0.5, 0.6) is 0 Å². The highest BCUT2D eigenvalue weighted by molar-refractivity contribution is 5.13. The fourth-order valence-corrected chi connectivity index (χ4v) is 5.03. The van der Waals surface area contributed by atoms with Gasteiger partial charge in [0.2, 0.25) is 0 Å². The summed E-state index contributed by atoms with van der Waals surface area (Å²) in [6, 6.07) is 0. The molecule has 5 atom stereocenters. The van der Waals surface area contributed by atoms with Crippen LogP contribution in [0.15, 0.2) is 23.8 Å². The van der Waals surface area contributed by atoms with Crippen LogP contribution in [0.4, 0.5) is 0 Å². The highest BCUT2D eigenvalue weighted by Crippen LogP contribution is 2.58. The Balaban J connectivity index is 1.85. The van der Waals surface area contributed by atoms with Crippen LogP contribution in [0, 0.1) is 17.3 Å². The number of hydrogen-bond donors (Lipinski definition) is 0. The third-order valence-electron chi connectivity index (χ3n) is 6.71. The predicted molar refractivity (Wildman–Crippen MR) is 89.3 cm³/mol. The van der Waals surface area contributed by atoms with Crippen LogP contribution < -0.4 is 0 Å². The van der Waals surface area contributed by atoms with Crippen molar-refractivity contribution in [3.05, 3.63) is 23.8 Å². The lowest BCUT2D eigenvalue weighted by Gasteiger charge is -2.35. The lowest BCUT2D eigenvalue weighted by Crippen LogP contribution is -2.29. The fraction of sp³-hybridized carbons (Fsp3) is 0.800. The summed E-state index contributed by atoms with van der Waals surface area (Å²) in [4.78, 5) is 0. The van der Waals surface area contributed by atoms with E-state index in [0.717, 1.165) is 11.8 Å². The number of hydrogen-bond acceptors (Lipinski definition) is 1. The van der Waals surface area contributed by atoms with E-state index in [1.54, 1.807) is 5.57 Å². The Labute approximate surface area is 130 Å². The molecular weight excluding hydrogens is 256 g/mol. The topological polar surface area (TPSA) is 12.5 Å². The Morgan fingerprint density at radius 3 is 2.76 bits per heavy atom. The summed E-state index contributed by atoms with van der Waals surface area (Å²) in [7, 11) is 0. The second kappa shape index (κ2) is 5.26. The summed E-state index contributed by atoms with van der Waals surface area (Å²) < 4.78 is 6.13. The molecule has 0 aromatic heterocycles. The van der Waals surface area contributed by atoms with E-state index in [2.05, 4.69) is 40.3 Å². The average molecular weight is 288 g/mol. The molecule has 0 aromatic rings. The molecule has 0 radical (unpaired) electrons. The third-order valence-corrected chi connectivity index (χ3v) is 6.71. The summed E-state index contributed by atoms with van der Waals surface area (Å²) in [5.41, 5.74) is 3.60. The maximum Gasteiger partial charge on any atom is 0.0923 e. The Bertz CT molecular complexity index is 462. The van der Waals surface area contributed by atoms with Gasteiger partial charge in [-0.1, -0.05) is 30.7 Å². The van der Waals surface area contributed by atoms with Gasteiger partial charge in [0, 0.05) is 0 Å². The molecule has 1 saturated heterocycles. The zero-order chi connectivity index (χ0) is 15.3. The van der Waals surface area contributed by atoms with Gasteiger partial charge in [0.05, 0.1) is 11.7 Å². The van der Waals surface area contributed by atoms with E-state index in [4.69, 9.17) is 4.74 Å². The van der Waals surface area contributed by atoms with Crippen molar-refractivity contribution in [1.82, 2.24) is 0 Å². The Morgan fingerprint density at radius 1 is 1.29 bits per heavy atom. The number of epoxide rings is 1. The molecular formula is C20H32O. The van der Waals surface area contributed by atoms with E-state index >= 15 is 0 Å². The molecule has 0 unspecified atom stereocenters. The van der Waals surface area contributed by atoms with Crippen LogP contribution in [0.1, 0.15) is 72.6 Å². The first-order valence-corrected chi connectivity index (χ1v) is 8.83. The van der Waals surface area contributed by atoms with Gasteiger partial charge in [-0.3, -0.25) is 0 Å². The first-order valence-electron chi connectivity index (χ1n) is 8.83. The van der Waals surface area contributed by atoms with E-state index < -0.39 is 0 Å². The van der Waals surface area contributed by atoms with Crippen molar-refractivity contribution in [2.45, 2.75) is 84.3 Å². The van der Waals surface area contributed by atoms with Gasteiger partial charge in [0.15, 0.2) is 0 Å². The molecule has 3 rings (SSSR count). The summed E-state index contributed by atoms with van der Waals surface area (Å²) in [6.07, 6.45) is 11.9. The SMILES string of the molecule is C=C(C)[C@H]1CC[C@@]2(C)C[C@H]3O[C@]3(C)CC/C=C(/C)CC[C@@H]12. The monoisotopic (exact) mass is 288 g/mol. The quantitative estimate of drug-likeness (QED) is 0.448. The fourth-order valence-electron chi connectivity index (χ4n) is 5.03. The van der Waals surface area contributed by atoms with Crippen molar-refractivity contribution >= 4 is 0 Å². The third kappa shape index (κ3) is 2.86. The molecule has 0 bridgehead atoms. The van der Waals surface area contributed by atoms with Crippen LogP contribution in [-0.4, -0.2) is 11.7 Å². The van der Waals surface area contributed by atoms with Crippen LogP contribution in [0.3, 0.4) is 0 Å². The summed E-state index contributed by atoms with van der Waals surface area (Å²) in [5.74, 6) is 1.53. The highest BCUT2D eigenvalue weighted by atomic mass is 16.6. The van der Waals surface area contributed by atoms with Crippen LogP contribution in [-0.2, 0) is 4.74 Å². The molecule has 1 nitrogen and oxygen atoms in total. The van der Waals surface area contributed by atoms with Crippen molar-refractivity contribution in [1.29, 1.82) is 0 Å². The normalized spacial score (nSPS) is 49.3. The molecule has 2 aliphatic carbocycles. The van der Waals surface area contributed by atoms with Gasteiger partial charge in [0.25, 0.3) is 0 Å². The van der Waals surface area contributed by atoms with E-state index in [1.165, 1.54) is 50.5 Å². The highest BCUT2D eigenvalue weighted by Gasteiger charge is 2.56. The number of fused-ring (bicyclic) bond motifs is 2. The molecule has 3 aliphatic rings. The first-order chi connectivity index (χ1) is 9.84. The van der Waals surface area contributed by atoms with Gasteiger partial charge >= 0.3 is 0 Å². The van der Waals surface area contributed by atoms with Crippen molar-refractivity contribution in [3.8, 4) is 0 Å². The molecule has 0 N–H and O–H groups in total. The molecule has 0 aromatic carbocycles. The molecule has 118 valence electrons. The number of ether oxygens (including phenoxy) is 1.